The average molecular weight is 336 g/mol. The number of aromatic nitrogens is 1. The topological polar surface area (TPSA) is 60.5 Å². The first-order valence-corrected chi connectivity index (χ1v) is 8.24. The van der Waals surface area contributed by atoms with Crippen molar-refractivity contribution < 1.29 is 14.3 Å². The maximum Gasteiger partial charge on any atom is 0.223 e. The summed E-state index contributed by atoms with van der Waals surface area (Å²) in [4.78, 5) is 16.1. The molecule has 5 nitrogen and oxygen atoms in total. The summed E-state index contributed by atoms with van der Waals surface area (Å²) in [6.45, 7) is 1.18. The van der Waals surface area contributed by atoms with Gasteiger partial charge in [0.2, 0.25) is 5.91 Å². The summed E-state index contributed by atoms with van der Waals surface area (Å²) in [6.07, 6.45) is 2.05. The summed E-state index contributed by atoms with van der Waals surface area (Å²) in [6, 6.07) is 19.1. The number of pyridine rings is 1. The fraction of sp³-hybridized carbons (Fsp3) is 0.200. The number of rotatable bonds is 8. The molecule has 1 amide bonds. The van der Waals surface area contributed by atoms with Gasteiger partial charge in [0.1, 0.15) is 23.6 Å². The smallest absolute Gasteiger partial charge is 0.223 e. The molecule has 0 spiro atoms. The molecule has 0 fully saturated rings. The summed E-state index contributed by atoms with van der Waals surface area (Å²) < 4.78 is 11.2. The molecule has 0 saturated heterocycles. The van der Waals surface area contributed by atoms with Gasteiger partial charge in [-0.25, -0.2) is 0 Å². The zero-order valence-corrected chi connectivity index (χ0v) is 13.9. The fourth-order valence-corrected chi connectivity index (χ4v) is 2.41. The molecule has 0 saturated carbocycles. The minimum absolute atomic E-state index is 0.0597. The Balaban J connectivity index is 1.37. The van der Waals surface area contributed by atoms with Gasteiger partial charge < -0.3 is 14.8 Å². The molecular formula is C20H20N2O3. The van der Waals surface area contributed by atoms with Crippen LogP contribution in [0.4, 0.5) is 0 Å². The molecule has 3 aromatic rings. The van der Waals surface area contributed by atoms with Gasteiger partial charge in [0, 0.05) is 11.6 Å². The Kier molecular flexibility index (Phi) is 5.82. The standard InChI is InChI=1S/C20H20N2O3/c23-19(11-14-24-17-8-2-1-3-9-17)21-13-15-25-18-10-4-6-16-7-5-12-22-20(16)18/h1-10,12H,11,13-15H2,(H,21,23). The van der Waals surface area contributed by atoms with Gasteiger partial charge >= 0.3 is 0 Å². The van der Waals surface area contributed by atoms with Gasteiger partial charge in [0.15, 0.2) is 0 Å². The highest BCUT2D eigenvalue weighted by molar-refractivity contribution is 5.84. The number of fused-ring (bicyclic) bond motifs is 1. The molecule has 1 aromatic heterocycles. The quantitative estimate of drug-likeness (QED) is 0.642. The van der Waals surface area contributed by atoms with E-state index in [4.69, 9.17) is 9.47 Å². The molecule has 0 aliphatic carbocycles. The molecular weight excluding hydrogens is 316 g/mol. The number of nitrogens with one attached hydrogen (secondary N) is 1. The lowest BCUT2D eigenvalue weighted by molar-refractivity contribution is -0.121. The van der Waals surface area contributed by atoms with Crippen molar-refractivity contribution in [3.63, 3.8) is 0 Å². The normalized spacial score (nSPS) is 10.4. The second-order valence-corrected chi connectivity index (χ2v) is 5.44. The van der Waals surface area contributed by atoms with Crippen molar-refractivity contribution in [1.82, 2.24) is 10.3 Å². The van der Waals surface area contributed by atoms with E-state index in [1.54, 1.807) is 6.20 Å². The SMILES string of the molecule is O=C(CCOc1ccccc1)NCCOc1cccc2cccnc12. The van der Waals surface area contributed by atoms with Crippen LogP contribution < -0.4 is 14.8 Å². The van der Waals surface area contributed by atoms with Crippen molar-refractivity contribution in [2.24, 2.45) is 0 Å². The molecule has 0 aliphatic heterocycles. The van der Waals surface area contributed by atoms with Gasteiger partial charge in [-0.05, 0) is 24.3 Å². The summed E-state index contributed by atoms with van der Waals surface area (Å²) in [5.74, 6) is 1.43. The maximum atomic E-state index is 11.8. The predicted molar refractivity (Wildman–Crippen MR) is 96.8 cm³/mol. The number of hydrogen-bond acceptors (Lipinski definition) is 4. The average Bonchev–Trinajstić information content (AvgIpc) is 2.66. The molecule has 1 heterocycles. The number of amides is 1. The predicted octanol–water partition coefficient (Wildman–Crippen LogP) is 3.20. The van der Waals surface area contributed by atoms with Crippen LogP contribution >= 0.6 is 0 Å². The number of para-hydroxylation sites is 2. The van der Waals surface area contributed by atoms with E-state index in [2.05, 4.69) is 10.3 Å². The lowest BCUT2D eigenvalue weighted by Gasteiger charge is -2.10. The number of nitrogens with zero attached hydrogens (tertiary/aromatic N) is 1. The van der Waals surface area contributed by atoms with Gasteiger partial charge in [-0.15, -0.1) is 0 Å². The van der Waals surface area contributed by atoms with E-state index in [0.717, 1.165) is 22.4 Å². The molecule has 0 unspecified atom stereocenters. The number of carbonyl (C=O) groups excluding carboxylic acids is 1. The van der Waals surface area contributed by atoms with E-state index in [0.29, 0.717) is 26.2 Å². The molecule has 2 aromatic carbocycles. The fourth-order valence-electron chi connectivity index (χ4n) is 2.41. The largest absolute Gasteiger partial charge is 0.493 e. The van der Waals surface area contributed by atoms with Crippen LogP contribution in [0.3, 0.4) is 0 Å². The Morgan fingerprint density at radius 3 is 2.64 bits per heavy atom. The Bertz CT molecular complexity index is 816. The van der Waals surface area contributed by atoms with E-state index < -0.39 is 0 Å². The van der Waals surface area contributed by atoms with Crippen LogP contribution in [0.1, 0.15) is 6.42 Å². The highest BCUT2D eigenvalue weighted by Gasteiger charge is 2.04. The molecule has 1 N–H and O–H groups in total. The summed E-state index contributed by atoms with van der Waals surface area (Å²) >= 11 is 0. The molecule has 25 heavy (non-hydrogen) atoms. The van der Waals surface area contributed by atoms with Crippen molar-refractivity contribution in [3.8, 4) is 11.5 Å². The van der Waals surface area contributed by atoms with Gasteiger partial charge in [0.05, 0.1) is 19.6 Å². The van der Waals surface area contributed by atoms with Crippen LogP contribution in [0.5, 0.6) is 11.5 Å². The zero-order chi connectivity index (χ0) is 17.3. The van der Waals surface area contributed by atoms with Crippen LogP contribution in [-0.2, 0) is 4.79 Å². The summed E-state index contributed by atoms with van der Waals surface area (Å²) in [5.41, 5.74) is 0.826. The van der Waals surface area contributed by atoms with Gasteiger partial charge in [-0.3, -0.25) is 9.78 Å². The second-order valence-electron chi connectivity index (χ2n) is 5.44. The molecule has 0 radical (unpaired) electrons. The van der Waals surface area contributed by atoms with Gasteiger partial charge in [0.25, 0.3) is 0 Å². The Labute approximate surface area is 146 Å². The maximum absolute atomic E-state index is 11.8. The monoisotopic (exact) mass is 336 g/mol. The minimum Gasteiger partial charge on any atom is -0.493 e. The Morgan fingerprint density at radius 2 is 1.76 bits per heavy atom. The molecule has 0 atom stereocenters. The van der Waals surface area contributed by atoms with E-state index in [1.807, 2.05) is 60.7 Å². The van der Waals surface area contributed by atoms with Crippen molar-refractivity contribution in [2.75, 3.05) is 19.8 Å². The lowest BCUT2D eigenvalue weighted by atomic mass is 10.2. The molecule has 3 rings (SSSR count). The van der Waals surface area contributed by atoms with Crippen LogP contribution in [0, 0.1) is 0 Å². The first kappa shape index (κ1) is 16.8. The van der Waals surface area contributed by atoms with E-state index in [1.165, 1.54) is 0 Å². The zero-order valence-electron chi connectivity index (χ0n) is 13.9. The number of ether oxygens (including phenoxy) is 2. The highest BCUT2D eigenvalue weighted by Crippen LogP contribution is 2.22. The van der Waals surface area contributed by atoms with Crippen molar-refractivity contribution in [3.05, 3.63) is 66.9 Å². The van der Waals surface area contributed by atoms with E-state index >= 15 is 0 Å². The third-order valence-corrected chi connectivity index (χ3v) is 3.62. The number of benzene rings is 2. The van der Waals surface area contributed by atoms with E-state index in [-0.39, 0.29) is 5.91 Å². The third-order valence-electron chi connectivity index (χ3n) is 3.62. The van der Waals surface area contributed by atoms with Crippen LogP contribution in [0.15, 0.2) is 66.9 Å². The van der Waals surface area contributed by atoms with Gasteiger partial charge in [-0.1, -0.05) is 36.4 Å². The molecule has 128 valence electrons. The minimum atomic E-state index is -0.0597. The summed E-state index contributed by atoms with van der Waals surface area (Å²) in [5, 5.41) is 3.85. The molecule has 5 heteroatoms. The molecule has 0 bridgehead atoms. The van der Waals surface area contributed by atoms with Crippen LogP contribution in [0.2, 0.25) is 0 Å². The van der Waals surface area contributed by atoms with Crippen molar-refractivity contribution in [2.45, 2.75) is 6.42 Å². The first-order valence-electron chi connectivity index (χ1n) is 8.24. The van der Waals surface area contributed by atoms with Gasteiger partial charge in [-0.2, -0.15) is 0 Å². The first-order chi connectivity index (χ1) is 12.3. The van der Waals surface area contributed by atoms with Crippen LogP contribution in [0.25, 0.3) is 10.9 Å². The van der Waals surface area contributed by atoms with Crippen LogP contribution in [-0.4, -0.2) is 30.6 Å². The third kappa shape index (κ3) is 4.94. The Hall–Kier alpha value is -3.08. The second kappa shape index (κ2) is 8.68. The molecule has 0 aliphatic rings. The number of hydrogen-bond donors (Lipinski definition) is 1. The lowest BCUT2D eigenvalue weighted by Crippen LogP contribution is -2.29. The van der Waals surface area contributed by atoms with Crippen molar-refractivity contribution in [1.29, 1.82) is 0 Å². The highest BCUT2D eigenvalue weighted by atomic mass is 16.5. The Morgan fingerprint density at radius 1 is 0.920 bits per heavy atom. The summed E-state index contributed by atoms with van der Waals surface area (Å²) in [7, 11) is 0. The van der Waals surface area contributed by atoms with E-state index in [9.17, 15) is 4.79 Å². The van der Waals surface area contributed by atoms with Crippen molar-refractivity contribution >= 4 is 16.8 Å². The number of carbonyl (C=O) groups is 1.